The molecule has 23 heavy (non-hydrogen) atoms. The number of aromatic nitrogens is 3. The quantitative estimate of drug-likeness (QED) is 0.512. The van der Waals surface area contributed by atoms with Crippen LogP contribution >= 0.6 is 22.9 Å². The van der Waals surface area contributed by atoms with Gasteiger partial charge in [-0.05, 0) is 29.8 Å². The van der Waals surface area contributed by atoms with Crippen LogP contribution in [-0.4, -0.2) is 15.1 Å². The zero-order chi connectivity index (χ0) is 15.8. The Labute approximate surface area is 141 Å². The van der Waals surface area contributed by atoms with E-state index >= 15 is 0 Å². The molecule has 0 spiro atoms. The molecule has 0 fully saturated rings. The minimum absolute atomic E-state index is 0.537. The van der Waals surface area contributed by atoms with Crippen LogP contribution in [0.2, 0.25) is 5.02 Å². The van der Waals surface area contributed by atoms with Gasteiger partial charge in [-0.25, -0.2) is 4.98 Å². The van der Waals surface area contributed by atoms with Crippen molar-refractivity contribution in [2.24, 2.45) is 0 Å². The number of aryl methyl sites for hydroxylation is 1. The van der Waals surface area contributed by atoms with Crippen LogP contribution in [-0.2, 0) is 6.42 Å². The van der Waals surface area contributed by atoms with Gasteiger partial charge >= 0.3 is 0 Å². The van der Waals surface area contributed by atoms with Gasteiger partial charge in [0.05, 0.1) is 0 Å². The van der Waals surface area contributed by atoms with Crippen LogP contribution < -0.4 is 0 Å². The Hall–Kier alpha value is -2.24. The lowest BCUT2D eigenvalue weighted by Crippen LogP contribution is -1.83. The SMILES string of the molecule is CCc1noc(-c2sc3ncccc3c2-c2ccc(Cl)cc2)n1. The molecule has 0 aliphatic heterocycles. The normalized spacial score (nSPS) is 11.2. The van der Waals surface area contributed by atoms with Crippen molar-refractivity contribution >= 4 is 33.2 Å². The monoisotopic (exact) mass is 341 g/mol. The Balaban J connectivity index is 1.99. The Morgan fingerprint density at radius 1 is 1.17 bits per heavy atom. The zero-order valence-corrected chi connectivity index (χ0v) is 13.9. The molecule has 0 saturated heterocycles. The predicted octanol–water partition coefficient (Wildman–Crippen LogP) is 5.23. The Kier molecular flexibility index (Phi) is 3.59. The van der Waals surface area contributed by atoms with Crippen LogP contribution in [0.1, 0.15) is 12.7 Å². The van der Waals surface area contributed by atoms with E-state index in [4.69, 9.17) is 16.1 Å². The molecule has 0 bridgehead atoms. The second-order valence-electron chi connectivity index (χ2n) is 5.04. The molecule has 0 aliphatic rings. The summed E-state index contributed by atoms with van der Waals surface area (Å²) in [5.74, 6) is 1.24. The first kappa shape index (κ1) is 14.4. The average Bonchev–Trinajstić information content (AvgIpc) is 3.19. The molecule has 0 radical (unpaired) electrons. The molecule has 3 heterocycles. The van der Waals surface area contributed by atoms with Crippen LogP contribution in [0.3, 0.4) is 0 Å². The second-order valence-corrected chi connectivity index (χ2v) is 6.47. The van der Waals surface area contributed by atoms with E-state index in [1.807, 2.05) is 37.3 Å². The van der Waals surface area contributed by atoms with Crippen molar-refractivity contribution in [2.45, 2.75) is 13.3 Å². The molecule has 0 amide bonds. The van der Waals surface area contributed by atoms with Crippen molar-refractivity contribution in [2.75, 3.05) is 0 Å². The summed E-state index contributed by atoms with van der Waals surface area (Å²) in [4.78, 5) is 10.8. The number of pyridine rings is 1. The Morgan fingerprint density at radius 3 is 2.74 bits per heavy atom. The van der Waals surface area contributed by atoms with Gasteiger partial charge in [-0.15, -0.1) is 11.3 Å². The van der Waals surface area contributed by atoms with Crippen molar-refractivity contribution in [3.05, 3.63) is 53.4 Å². The third-order valence-corrected chi connectivity index (χ3v) is 4.93. The van der Waals surface area contributed by atoms with Gasteiger partial charge in [-0.2, -0.15) is 4.98 Å². The summed E-state index contributed by atoms with van der Waals surface area (Å²) in [5.41, 5.74) is 2.11. The predicted molar refractivity (Wildman–Crippen MR) is 92.7 cm³/mol. The maximum absolute atomic E-state index is 6.02. The average molecular weight is 342 g/mol. The lowest BCUT2D eigenvalue weighted by molar-refractivity contribution is 0.424. The van der Waals surface area contributed by atoms with E-state index in [1.54, 1.807) is 17.5 Å². The molecule has 4 aromatic rings. The lowest BCUT2D eigenvalue weighted by atomic mass is 10.0. The van der Waals surface area contributed by atoms with Crippen LogP contribution in [0.25, 0.3) is 32.1 Å². The summed E-state index contributed by atoms with van der Waals surface area (Å²) < 4.78 is 5.45. The van der Waals surface area contributed by atoms with Crippen molar-refractivity contribution < 1.29 is 4.52 Å². The van der Waals surface area contributed by atoms with Gasteiger partial charge in [0.25, 0.3) is 5.89 Å². The van der Waals surface area contributed by atoms with E-state index in [9.17, 15) is 0 Å². The molecule has 0 unspecified atom stereocenters. The minimum atomic E-state index is 0.537. The molecule has 0 saturated carbocycles. The maximum Gasteiger partial charge on any atom is 0.268 e. The van der Waals surface area contributed by atoms with Gasteiger partial charge in [0, 0.05) is 28.6 Å². The summed E-state index contributed by atoms with van der Waals surface area (Å²) in [7, 11) is 0. The number of rotatable bonds is 3. The van der Waals surface area contributed by atoms with E-state index in [-0.39, 0.29) is 0 Å². The van der Waals surface area contributed by atoms with Gasteiger partial charge in [0.1, 0.15) is 9.71 Å². The van der Waals surface area contributed by atoms with Crippen molar-refractivity contribution in [1.82, 2.24) is 15.1 Å². The molecule has 114 valence electrons. The molecule has 4 rings (SSSR count). The van der Waals surface area contributed by atoms with Crippen LogP contribution in [0, 0.1) is 0 Å². The summed E-state index contributed by atoms with van der Waals surface area (Å²) in [6.45, 7) is 2.00. The fourth-order valence-corrected chi connectivity index (χ4v) is 3.69. The first-order chi connectivity index (χ1) is 11.3. The molecule has 0 atom stereocenters. The first-order valence-electron chi connectivity index (χ1n) is 7.22. The highest BCUT2D eigenvalue weighted by molar-refractivity contribution is 7.22. The number of hydrogen-bond acceptors (Lipinski definition) is 5. The standard InChI is InChI=1S/C17H12ClN3OS/c1-2-13-20-16(22-21-13)15-14(10-5-7-11(18)8-6-10)12-4-3-9-19-17(12)23-15/h3-9H,2H2,1H3. The van der Waals surface area contributed by atoms with Crippen LogP contribution in [0.4, 0.5) is 0 Å². The zero-order valence-electron chi connectivity index (χ0n) is 12.3. The largest absolute Gasteiger partial charge is 0.333 e. The number of halogens is 1. The highest BCUT2D eigenvalue weighted by Gasteiger charge is 2.20. The van der Waals surface area contributed by atoms with Gasteiger partial charge in [-0.3, -0.25) is 0 Å². The fourth-order valence-electron chi connectivity index (χ4n) is 2.48. The summed E-state index contributed by atoms with van der Waals surface area (Å²) >= 11 is 7.58. The molecule has 0 N–H and O–H groups in total. The van der Waals surface area contributed by atoms with E-state index in [2.05, 4.69) is 21.2 Å². The van der Waals surface area contributed by atoms with Crippen molar-refractivity contribution in [1.29, 1.82) is 0 Å². The summed E-state index contributed by atoms with van der Waals surface area (Å²) in [6.07, 6.45) is 2.53. The molecule has 6 heteroatoms. The van der Waals surface area contributed by atoms with Gasteiger partial charge in [0.15, 0.2) is 5.82 Å². The van der Waals surface area contributed by atoms with Gasteiger partial charge < -0.3 is 4.52 Å². The summed E-state index contributed by atoms with van der Waals surface area (Å²) in [5, 5.41) is 5.79. The van der Waals surface area contributed by atoms with Crippen LogP contribution in [0.15, 0.2) is 47.1 Å². The van der Waals surface area contributed by atoms with Crippen LogP contribution in [0.5, 0.6) is 0 Å². The third kappa shape index (κ3) is 2.52. The number of hydrogen-bond donors (Lipinski definition) is 0. The number of nitrogens with zero attached hydrogens (tertiary/aromatic N) is 3. The molecule has 4 nitrogen and oxygen atoms in total. The maximum atomic E-state index is 6.02. The molecular formula is C17H12ClN3OS. The molecule has 1 aromatic carbocycles. The van der Waals surface area contributed by atoms with Crippen molar-refractivity contribution in [3.8, 4) is 21.9 Å². The second kappa shape index (κ2) is 5.76. The van der Waals surface area contributed by atoms with E-state index in [0.29, 0.717) is 16.7 Å². The Morgan fingerprint density at radius 2 is 2.00 bits per heavy atom. The smallest absolute Gasteiger partial charge is 0.268 e. The van der Waals surface area contributed by atoms with E-state index in [0.717, 1.165) is 32.6 Å². The lowest BCUT2D eigenvalue weighted by Gasteiger charge is -2.02. The fraction of sp³-hybridized carbons (Fsp3) is 0.118. The number of thiophene rings is 1. The summed E-state index contributed by atoms with van der Waals surface area (Å²) in [6, 6.07) is 11.7. The van der Waals surface area contributed by atoms with E-state index < -0.39 is 0 Å². The molecule has 0 aliphatic carbocycles. The van der Waals surface area contributed by atoms with E-state index in [1.165, 1.54) is 0 Å². The highest BCUT2D eigenvalue weighted by Crippen LogP contribution is 2.43. The van der Waals surface area contributed by atoms with Gasteiger partial charge in [-0.1, -0.05) is 35.8 Å². The number of fused-ring (bicyclic) bond motifs is 1. The highest BCUT2D eigenvalue weighted by atomic mass is 35.5. The third-order valence-electron chi connectivity index (χ3n) is 3.58. The Bertz CT molecular complexity index is 975. The van der Waals surface area contributed by atoms with Gasteiger partial charge in [0.2, 0.25) is 0 Å². The van der Waals surface area contributed by atoms with Crippen molar-refractivity contribution in [3.63, 3.8) is 0 Å². The number of benzene rings is 1. The molecule has 3 aromatic heterocycles. The molecular weight excluding hydrogens is 330 g/mol. The minimum Gasteiger partial charge on any atom is -0.333 e. The topological polar surface area (TPSA) is 51.8 Å². The first-order valence-corrected chi connectivity index (χ1v) is 8.42.